The summed E-state index contributed by atoms with van der Waals surface area (Å²) >= 11 is 0. The maximum atomic E-state index is 12.5. The number of amides is 2. The lowest BCUT2D eigenvalue weighted by molar-refractivity contribution is -0.153. The first-order valence-electron chi connectivity index (χ1n) is 7.53. The van der Waals surface area contributed by atoms with Crippen LogP contribution in [0.2, 0.25) is 0 Å². The minimum absolute atomic E-state index is 0.0186. The van der Waals surface area contributed by atoms with Gasteiger partial charge in [0.15, 0.2) is 0 Å². The smallest absolute Gasteiger partial charge is 0.248 e. The molecule has 106 valence electrons. The molecule has 3 fully saturated rings. The van der Waals surface area contributed by atoms with Crippen LogP contribution in [0.25, 0.3) is 0 Å². The van der Waals surface area contributed by atoms with Crippen LogP contribution in [0, 0.1) is 17.8 Å². The molecule has 0 bridgehead atoms. The lowest BCUT2D eigenvalue weighted by atomic mass is 9.92. The Bertz CT molecular complexity index is 398. The maximum absolute atomic E-state index is 12.5. The van der Waals surface area contributed by atoms with E-state index in [4.69, 9.17) is 0 Å². The number of nitrogens with one attached hydrogen (secondary N) is 1. The van der Waals surface area contributed by atoms with E-state index < -0.39 is 5.54 Å². The van der Waals surface area contributed by atoms with Crippen molar-refractivity contribution in [1.29, 1.82) is 0 Å². The summed E-state index contributed by atoms with van der Waals surface area (Å²) in [6, 6.07) is -0.319. The van der Waals surface area contributed by atoms with E-state index >= 15 is 0 Å². The van der Waals surface area contributed by atoms with Crippen LogP contribution in [0.15, 0.2) is 0 Å². The predicted molar refractivity (Wildman–Crippen MR) is 72.3 cm³/mol. The minimum atomic E-state index is -0.749. The molecule has 1 unspecified atom stereocenters. The highest BCUT2D eigenvalue weighted by atomic mass is 16.2. The highest BCUT2D eigenvalue weighted by Crippen LogP contribution is 2.49. The monoisotopic (exact) mass is 264 g/mol. The van der Waals surface area contributed by atoms with Gasteiger partial charge in [-0.15, -0.1) is 0 Å². The first-order chi connectivity index (χ1) is 8.90. The molecule has 1 aliphatic heterocycles. The number of nitrogens with zero attached hydrogens (tertiary/aromatic N) is 1. The average molecular weight is 264 g/mol. The number of hydrogen-bond donors (Lipinski definition) is 1. The Balaban J connectivity index is 1.76. The summed E-state index contributed by atoms with van der Waals surface area (Å²) in [6.45, 7) is 6.23. The van der Waals surface area contributed by atoms with Gasteiger partial charge in [-0.1, -0.05) is 0 Å². The van der Waals surface area contributed by atoms with Crippen molar-refractivity contribution in [3.05, 3.63) is 0 Å². The molecule has 4 heteroatoms. The third kappa shape index (κ3) is 2.37. The fourth-order valence-corrected chi connectivity index (χ4v) is 3.34. The van der Waals surface area contributed by atoms with Gasteiger partial charge in [0, 0.05) is 6.54 Å². The average Bonchev–Trinajstić information content (AvgIpc) is 3.18. The first-order valence-corrected chi connectivity index (χ1v) is 7.53. The van der Waals surface area contributed by atoms with Crippen LogP contribution in [0.5, 0.6) is 0 Å². The first kappa shape index (κ1) is 12.9. The second-order valence-electron chi connectivity index (χ2n) is 7.09. The molecule has 1 atom stereocenters. The minimum Gasteiger partial charge on any atom is -0.340 e. The van der Waals surface area contributed by atoms with Crippen LogP contribution >= 0.6 is 0 Å². The van der Waals surface area contributed by atoms with Gasteiger partial charge in [0.05, 0.1) is 0 Å². The molecule has 2 amide bonds. The largest absolute Gasteiger partial charge is 0.340 e. The Morgan fingerprint density at radius 2 is 1.74 bits per heavy atom. The molecule has 3 aliphatic rings. The molecule has 0 aromatic heterocycles. The van der Waals surface area contributed by atoms with E-state index in [9.17, 15) is 9.59 Å². The molecule has 1 saturated heterocycles. The van der Waals surface area contributed by atoms with Crippen molar-refractivity contribution in [3.8, 4) is 0 Å². The van der Waals surface area contributed by atoms with Crippen LogP contribution in [-0.4, -0.2) is 34.8 Å². The summed E-state index contributed by atoms with van der Waals surface area (Å²) in [7, 11) is 0. The van der Waals surface area contributed by atoms with Crippen molar-refractivity contribution < 1.29 is 9.59 Å². The Morgan fingerprint density at radius 1 is 1.21 bits per heavy atom. The van der Waals surface area contributed by atoms with Gasteiger partial charge < -0.3 is 10.2 Å². The van der Waals surface area contributed by atoms with E-state index in [0.29, 0.717) is 5.92 Å². The lowest BCUT2D eigenvalue weighted by Crippen LogP contribution is -2.68. The molecule has 2 saturated carbocycles. The molecule has 2 aliphatic carbocycles. The van der Waals surface area contributed by atoms with Crippen molar-refractivity contribution in [2.75, 3.05) is 6.54 Å². The molecule has 1 N–H and O–H groups in total. The Labute approximate surface area is 114 Å². The SMILES string of the molecule is CC1C(=O)NC(C)(C)C(=O)N1CC(C1CC1)C1CC1. The number of hydrogen-bond acceptors (Lipinski definition) is 2. The predicted octanol–water partition coefficient (Wildman–Crippen LogP) is 1.55. The maximum Gasteiger partial charge on any atom is 0.248 e. The number of piperazine rings is 1. The summed E-state index contributed by atoms with van der Waals surface area (Å²) in [5.74, 6) is 2.30. The Morgan fingerprint density at radius 3 is 2.21 bits per heavy atom. The van der Waals surface area contributed by atoms with Crippen molar-refractivity contribution in [3.63, 3.8) is 0 Å². The van der Waals surface area contributed by atoms with E-state index in [1.807, 2.05) is 11.8 Å². The van der Waals surface area contributed by atoms with E-state index in [0.717, 1.165) is 18.4 Å². The molecule has 0 aromatic carbocycles. The second kappa shape index (κ2) is 4.22. The zero-order valence-electron chi connectivity index (χ0n) is 12.1. The molecule has 1 heterocycles. The quantitative estimate of drug-likeness (QED) is 0.837. The summed E-state index contributed by atoms with van der Waals surface area (Å²) in [5, 5.41) is 2.82. The molecule has 0 aromatic rings. The normalized spacial score (nSPS) is 30.7. The highest BCUT2D eigenvalue weighted by molar-refractivity contribution is 5.99. The number of rotatable bonds is 4. The van der Waals surface area contributed by atoms with Crippen LogP contribution in [0.1, 0.15) is 46.5 Å². The molecule has 3 rings (SSSR count). The lowest BCUT2D eigenvalue weighted by Gasteiger charge is -2.43. The van der Waals surface area contributed by atoms with Gasteiger partial charge in [-0.3, -0.25) is 9.59 Å². The zero-order chi connectivity index (χ0) is 13.8. The van der Waals surface area contributed by atoms with Gasteiger partial charge >= 0.3 is 0 Å². The van der Waals surface area contributed by atoms with Gasteiger partial charge in [-0.05, 0) is 64.2 Å². The van der Waals surface area contributed by atoms with Crippen LogP contribution < -0.4 is 5.32 Å². The molecular formula is C15H24N2O2. The van der Waals surface area contributed by atoms with E-state index in [2.05, 4.69) is 5.32 Å². The number of carbonyl (C=O) groups excluding carboxylic acids is 2. The molecule has 4 nitrogen and oxygen atoms in total. The van der Waals surface area contributed by atoms with Crippen molar-refractivity contribution >= 4 is 11.8 Å². The Kier molecular flexibility index (Phi) is 2.88. The van der Waals surface area contributed by atoms with Crippen LogP contribution in [-0.2, 0) is 9.59 Å². The van der Waals surface area contributed by atoms with Crippen LogP contribution in [0.3, 0.4) is 0 Å². The van der Waals surface area contributed by atoms with Crippen molar-refractivity contribution in [2.45, 2.75) is 58.0 Å². The topological polar surface area (TPSA) is 49.4 Å². The summed E-state index contributed by atoms with van der Waals surface area (Å²) in [4.78, 5) is 26.4. The van der Waals surface area contributed by atoms with E-state index in [1.54, 1.807) is 13.8 Å². The molecule has 0 spiro atoms. The van der Waals surface area contributed by atoms with E-state index in [1.165, 1.54) is 25.7 Å². The Hall–Kier alpha value is -1.06. The zero-order valence-corrected chi connectivity index (χ0v) is 12.1. The van der Waals surface area contributed by atoms with Gasteiger partial charge in [0.2, 0.25) is 11.8 Å². The summed E-state index contributed by atoms with van der Waals surface area (Å²) in [5.41, 5.74) is -0.749. The fraction of sp³-hybridized carbons (Fsp3) is 0.867. The second-order valence-corrected chi connectivity index (χ2v) is 7.09. The van der Waals surface area contributed by atoms with Gasteiger partial charge in [-0.25, -0.2) is 0 Å². The van der Waals surface area contributed by atoms with Crippen molar-refractivity contribution in [2.24, 2.45) is 17.8 Å². The van der Waals surface area contributed by atoms with Gasteiger partial charge in [0.25, 0.3) is 0 Å². The van der Waals surface area contributed by atoms with Crippen LogP contribution in [0.4, 0.5) is 0 Å². The van der Waals surface area contributed by atoms with Gasteiger partial charge in [-0.2, -0.15) is 0 Å². The fourth-order valence-electron chi connectivity index (χ4n) is 3.34. The highest BCUT2D eigenvalue weighted by Gasteiger charge is 2.48. The third-order valence-electron chi connectivity index (χ3n) is 4.94. The van der Waals surface area contributed by atoms with Gasteiger partial charge in [0.1, 0.15) is 11.6 Å². The standard InChI is InChI=1S/C15H24N2O2/c1-9-13(18)16-15(2,3)14(19)17(9)8-12(10-4-5-10)11-6-7-11/h9-12H,4-8H2,1-3H3,(H,16,18). The molecular weight excluding hydrogens is 240 g/mol. The summed E-state index contributed by atoms with van der Waals surface area (Å²) < 4.78 is 0. The molecule has 0 radical (unpaired) electrons. The van der Waals surface area contributed by atoms with E-state index in [-0.39, 0.29) is 17.9 Å². The number of carbonyl (C=O) groups is 2. The van der Waals surface area contributed by atoms with Crippen molar-refractivity contribution in [1.82, 2.24) is 10.2 Å². The summed E-state index contributed by atoms with van der Waals surface area (Å²) in [6.07, 6.45) is 5.25. The third-order valence-corrected chi connectivity index (χ3v) is 4.94. The molecule has 19 heavy (non-hydrogen) atoms.